The van der Waals surface area contributed by atoms with Crippen LogP contribution in [0.5, 0.6) is 0 Å². The van der Waals surface area contributed by atoms with Gasteiger partial charge in [-0.25, -0.2) is 13.8 Å². The molecule has 0 spiro atoms. The number of hydrogen-bond acceptors (Lipinski definition) is 6. The molecular weight excluding hydrogens is 426 g/mol. The molecule has 2 aromatic rings. The highest BCUT2D eigenvalue weighted by atomic mass is 32.1. The number of halogens is 2. The smallest absolute Gasteiger partial charge is 0.256 e. The summed E-state index contributed by atoms with van der Waals surface area (Å²) in [5.41, 5.74) is 0.767. The Bertz CT molecular complexity index is 940. The number of carbonyl (C=O) groups excluding carboxylic acids is 2. The van der Waals surface area contributed by atoms with Gasteiger partial charge in [-0.05, 0) is 25.0 Å². The summed E-state index contributed by atoms with van der Waals surface area (Å²) < 4.78 is 32.3. The van der Waals surface area contributed by atoms with Gasteiger partial charge in [-0.15, -0.1) is 11.3 Å². The van der Waals surface area contributed by atoms with E-state index in [9.17, 15) is 18.4 Å². The van der Waals surface area contributed by atoms with Crippen LogP contribution in [-0.2, 0) is 16.1 Å². The van der Waals surface area contributed by atoms with Crippen LogP contribution in [0.4, 0.5) is 13.9 Å². The van der Waals surface area contributed by atoms with Crippen molar-refractivity contribution in [3.8, 4) is 0 Å². The molecule has 0 aliphatic carbocycles. The van der Waals surface area contributed by atoms with Crippen LogP contribution in [0, 0.1) is 17.6 Å². The molecule has 0 bridgehead atoms. The number of morpholine rings is 1. The number of amides is 2. The molecule has 0 radical (unpaired) electrons. The number of thiazole rings is 1. The van der Waals surface area contributed by atoms with Crippen LogP contribution < -0.4 is 5.32 Å². The van der Waals surface area contributed by atoms with E-state index in [0.717, 1.165) is 50.7 Å². The number of aromatic nitrogens is 1. The van der Waals surface area contributed by atoms with E-state index < -0.39 is 17.5 Å². The Balaban J connectivity index is 1.27. The standard InChI is InChI=1S/C21H24F2N4O3S/c22-15-1-2-17(18(23)11-15)20(29)27-5-3-14(4-6-27)19(28)25-21-24-16(13-31-21)12-26-7-9-30-10-8-26/h1-2,11,13-14H,3-10,12H2,(H,24,25,28). The quantitative estimate of drug-likeness (QED) is 0.758. The van der Waals surface area contributed by atoms with Crippen LogP contribution in [0.3, 0.4) is 0 Å². The monoisotopic (exact) mass is 450 g/mol. The second-order valence-corrected chi connectivity index (χ2v) is 8.57. The molecule has 1 aromatic carbocycles. The van der Waals surface area contributed by atoms with Crippen LogP contribution in [-0.4, -0.2) is 66.0 Å². The number of benzene rings is 1. The van der Waals surface area contributed by atoms with Gasteiger partial charge in [0.25, 0.3) is 5.91 Å². The first-order valence-corrected chi connectivity index (χ1v) is 11.2. The van der Waals surface area contributed by atoms with Crippen LogP contribution >= 0.6 is 11.3 Å². The molecule has 2 aliphatic rings. The van der Waals surface area contributed by atoms with Crippen LogP contribution in [0.1, 0.15) is 28.9 Å². The maximum Gasteiger partial charge on any atom is 0.256 e. The van der Waals surface area contributed by atoms with E-state index in [1.54, 1.807) is 0 Å². The summed E-state index contributed by atoms with van der Waals surface area (Å²) in [5, 5.41) is 5.40. The Morgan fingerprint density at radius 3 is 2.61 bits per heavy atom. The van der Waals surface area contributed by atoms with Gasteiger partial charge in [-0.3, -0.25) is 14.5 Å². The predicted molar refractivity (Wildman–Crippen MR) is 112 cm³/mol. The molecule has 2 saturated heterocycles. The molecule has 1 aromatic heterocycles. The summed E-state index contributed by atoms with van der Waals surface area (Å²) in [6.45, 7) is 4.61. The van der Waals surface area contributed by atoms with Gasteiger partial charge in [-0.1, -0.05) is 0 Å². The lowest BCUT2D eigenvalue weighted by Gasteiger charge is -2.31. The number of anilines is 1. The van der Waals surface area contributed by atoms with E-state index in [2.05, 4.69) is 15.2 Å². The molecule has 31 heavy (non-hydrogen) atoms. The summed E-state index contributed by atoms with van der Waals surface area (Å²) >= 11 is 1.40. The van der Waals surface area contributed by atoms with Gasteiger partial charge in [0.05, 0.1) is 24.5 Å². The summed E-state index contributed by atoms with van der Waals surface area (Å²) in [5.74, 6) is -2.44. The second-order valence-electron chi connectivity index (χ2n) is 7.71. The van der Waals surface area contributed by atoms with Gasteiger partial charge in [-0.2, -0.15) is 0 Å². The highest BCUT2D eigenvalue weighted by Crippen LogP contribution is 2.24. The van der Waals surface area contributed by atoms with Crippen molar-refractivity contribution in [1.82, 2.24) is 14.8 Å². The van der Waals surface area contributed by atoms with E-state index >= 15 is 0 Å². The number of nitrogens with one attached hydrogen (secondary N) is 1. The fourth-order valence-electron chi connectivity index (χ4n) is 3.81. The number of nitrogens with zero attached hydrogens (tertiary/aromatic N) is 3. The van der Waals surface area contributed by atoms with Crippen molar-refractivity contribution in [1.29, 1.82) is 0 Å². The van der Waals surface area contributed by atoms with E-state index in [0.29, 0.717) is 37.1 Å². The molecule has 166 valence electrons. The minimum atomic E-state index is -0.874. The first-order valence-electron chi connectivity index (χ1n) is 10.3. The molecule has 0 atom stereocenters. The molecule has 0 unspecified atom stereocenters. The average Bonchev–Trinajstić information content (AvgIpc) is 3.20. The normalized spacial score (nSPS) is 18.2. The van der Waals surface area contributed by atoms with Gasteiger partial charge in [0.2, 0.25) is 5.91 Å². The largest absolute Gasteiger partial charge is 0.379 e. The topological polar surface area (TPSA) is 74.8 Å². The van der Waals surface area contributed by atoms with Crippen molar-refractivity contribution in [2.45, 2.75) is 19.4 Å². The third kappa shape index (κ3) is 5.44. The van der Waals surface area contributed by atoms with Gasteiger partial charge < -0.3 is 15.0 Å². The zero-order chi connectivity index (χ0) is 21.8. The summed E-state index contributed by atoms with van der Waals surface area (Å²) in [4.78, 5) is 33.4. The lowest BCUT2D eigenvalue weighted by Crippen LogP contribution is -2.41. The van der Waals surface area contributed by atoms with E-state index in [1.165, 1.54) is 16.2 Å². The lowest BCUT2D eigenvalue weighted by atomic mass is 9.95. The van der Waals surface area contributed by atoms with Gasteiger partial charge in [0.15, 0.2) is 5.13 Å². The minimum Gasteiger partial charge on any atom is -0.379 e. The van der Waals surface area contributed by atoms with Crippen LogP contribution in [0.25, 0.3) is 0 Å². The first-order chi connectivity index (χ1) is 15.0. The van der Waals surface area contributed by atoms with E-state index in [4.69, 9.17) is 4.74 Å². The SMILES string of the molecule is O=C(Nc1nc(CN2CCOCC2)cs1)C1CCN(C(=O)c2ccc(F)cc2F)CC1. The third-order valence-corrected chi connectivity index (χ3v) is 6.39. The van der Waals surface area contributed by atoms with Crippen molar-refractivity contribution in [2.75, 3.05) is 44.7 Å². The van der Waals surface area contributed by atoms with Crippen LogP contribution in [0.2, 0.25) is 0 Å². The zero-order valence-corrected chi connectivity index (χ0v) is 17.8. The Labute approximate surface area is 183 Å². The summed E-state index contributed by atoms with van der Waals surface area (Å²) in [7, 11) is 0. The maximum atomic E-state index is 13.9. The Kier molecular flexibility index (Phi) is 6.89. The number of carbonyl (C=O) groups is 2. The molecule has 0 saturated carbocycles. The molecule has 4 rings (SSSR count). The molecule has 3 heterocycles. The molecular formula is C21H24F2N4O3S. The van der Waals surface area contributed by atoms with Crippen LogP contribution in [0.15, 0.2) is 23.6 Å². The van der Waals surface area contributed by atoms with E-state index in [-0.39, 0.29) is 17.4 Å². The molecule has 2 aliphatic heterocycles. The van der Waals surface area contributed by atoms with E-state index in [1.807, 2.05) is 5.38 Å². The third-order valence-electron chi connectivity index (χ3n) is 5.59. The lowest BCUT2D eigenvalue weighted by molar-refractivity contribution is -0.121. The highest BCUT2D eigenvalue weighted by molar-refractivity contribution is 7.13. The minimum absolute atomic E-state index is 0.118. The summed E-state index contributed by atoms with van der Waals surface area (Å²) in [6, 6.07) is 2.93. The molecule has 7 nitrogen and oxygen atoms in total. The number of hydrogen-bond donors (Lipinski definition) is 1. The Morgan fingerprint density at radius 1 is 1.16 bits per heavy atom. The predicted octanol–water partition coefficient (Wildman–Crippen LogP) is 2.74. The fraction of sp³-hybridized carbons (Fsp3) is 0.476. The Morgan fingerprint density at radius 2 is 1.90 bits per heavy atom. The number of piperidine rings is 1. The second kappa shape index (κ2) is 9.80. The van der Waals surface area contributed by atoms with Crippen molar-refractivity contribution >= 4 is 28.3 Å². The average molecular weight is 451 g/mol. The van der Waals surface area contributed by atoms with Crippen molar-refractivity contribution < 1.29 is 23.1 Å². The van der Waals surface area contributed by atoms with Crippen molar-refractivity contribution in [2.24, 2.45) is 5.92 Å². The summed E-state index contributed by atoms with van der Waals surface area (Å²) in [6.07, 6.45) is 0.957. The van der Waals surface area contributed by atoms with Crippen molar-refractivity contribution in [3.05, 3.63) is 46.5 Å². The molecule has 2 fully saturated rings. The molecule has 2 amide bonds. The zero-order valence-electron chi connectivity index (χ0n) is 17.0. The molecule has 10 heteroatoms. The van der Waals surface area contributed by atoms with Gasteiger partial charge in [0, 0.05) is 50.1 Å². The Hall–Kier alpha value is -2.43. The first kappa shape index (κ1) is 21.8. The number of rotatable bonds is 5. The maximum absolute atomic E-state index is 13.9. The van der Waals surface area contributed by atoms with Crippen molar-refractivity contribution in [3.63, 3.8) is 0 Å². The number of ether oxygens (including phenoxy) is 1. The fourth-order valence-corrected chi connectivity index (χ4v) is 4.52. The van der Waals surface area contributed by atoms with Gasteiger partial charge in [0.1, 0.15) is 11.6 Å². The van der Waals surface area contributed by atoms with Gasteiger partial charge >= 0.3 is 0 Å². The highest BCUT2D eigenvalue weighted by Gasteiger charge is 2.29. The number of likely N-dealkylation sites (tertiary alicyclic amines) is 1. The molecule has 1 N–H and O–H groups in total.